The highest BCUT2D eigenvalue weighted by Gasteiger charge is 2.20. The molecule has 4 N–H and O–H groups in total. The molecule has 3 aromatic rings. The number of halogens is 2. The van der Waals surface area contributed by atoms with Gasteiger partial charge in [-0.05, 0) is 26.0 Å². The van der Waals surface area contributed by atoms with Crippen LogP contribution in [0.5, 0.6) is 0 Å². The molecule has 0 radical (unpaired) electrons. The summed E-state index contributed by atoms with van der Waals surface area (Å²) in [7, 11) is -4.18. The monoisotopic (exact) mass is 440 g/mol. The molecule has 0 aliphatic rings. The normalized spacial score (nSPS) is 12.2. The van der Waals surface area contributed by atoms with Gasteiger partial charge in [-0.15, -0.1) is 0 Å². The number of aromatic nitrogens is 4. The van der Waals surface area contributed by atoms with E-state index in [2.05, 4.69) is 20.4 Å². The van der Waals surface area contributed by atoms with Crippen LogP contribution in [0.15, 0.2) is 41.7 Å². The van der Waals surface area contributed by atoms with E-state index >= 15 is 0 Å². The van der Waals surface area contributed by atoms with Crippen LogP contribution >= 0.6 is 11.6 Å². The topological polar surface area (TPSA) is 136 Å². The predicted octanol–water partition coefficient (Wildman–Crippen LogP) is 2.29. The van der Waals surface area contributed by atoms with Gasteiger partial charge < -0.3 is 10.4 Å². The van der Waals surface area contributed by atoms with Crippen molar-refractivity contribution in [3.05, 3.63) is 47.6 Å². The maximum atomic E-state index is 14.2. The Labute approximate surface area is 171 Å². The fourth-order valence-corrected chi connectivity index (χ4v) is 3.47. The van der Waals surface area contributed by atoms with Crippen LogP contribution in [-0.4, -0.2) is 38.9 Å². The molecular formula is C17H18ClFN6O3S. The number of nitrogens with one attached hydrogen (secondary N) is 1. The summed E-state index contributed by atoms with van der Waals surface area (Å²) in [5.41, 5.74) is -0.522. The number of primary sulfonamides is 1. The fourth-order valence-electron chi connectivity index (χ4n) is 2.57. The Kier molecular flexibility index (Phi) is 5.59. The summed E-state index contributed by atoms with van der Waals surface area (Å²) < 4.78 is 39.2. The minimum atomic E-state index is -4.18. The summed E-state index contributed by atoms with van der Waals surface area (Å²) in [6.07, 6.45) is 4.43. The Morgan fingerprint density at radius 2 is 2.07 bits per heavy atom. The second kappa shape index (κ2) is 7.67. The van der Waals surface area contributed by atoms with Crippen LogP contribution in [0.2, 0.25) is 5.02 Å². The molecule has 0 unspecified atom stereocenters. The van der Waals surface area contributed by atoms with Gasteiger partial charge in [0, 0.05) is 11.8 Å². The lowest BCUT2D eigenvalue weighted by molar-refractivity contribution is 0.0577. The van der Waals surface area contributed by atoms with Crippen molar-refractivity contribution in [2.45, 2.75) is 30.9 Å². The number of nitrogens with two attached hydrogens (primary N) is 1. The summed E-state index contributed by atoms with van der Waals surface area (Å²) >= 11 is 6.18. The zero-order valence-electron chi connectivity index (χ0n) is 15.5. The molecule has 2 heterocycles. The van der Waals surface area contributed by atoms with Crippen LogP contribution < -0.4 is 10.5 Å². The Morgan fingerprint density at radius 1 is 1.34 bits per heavy atom. The van der Waals surface area contributed by atoms with E-state index in [4.69, 9.17) is 16.7 Å². The second-order valence-electron chi connectivity index (χ2n) is 6.91. The molecule has 0 atom stereocenters. The predicted molar refractivity (Wildman–Crippen MR) is 106 cm³/mol. The van der Waals surface area contributed by atoms with Gasteiger partial charge in [0.1, 0.15) is 10.7 Å². The molecule has 2 aromatic heterocycles. The number of hydrogen-bond donors (Lipinski definition) is 3. The Morgan fingerprint density at radius 3 is 2.72 bits per heavy atom. The van der Waals surface area contributed by atoms with Gasteiger partial charge >= 0.3 is 0 Å². The van der Waals surface area contributed by atoms with Crippen LogP contribution in [0.3, 0.4) is 0 Å². The Hall–Kier alpha value is -2.60. The van der Waals surface area contributed by atoms with Crippen molar-refractivity contribution in [1.82, 2.24) is 19.7 Å². The van der Waals surface area contributed by atoms with Gasteiger partial charge in [-0.1, -0.05) is 17.7 Å². The summed E-state index contributed by atoms with van der Waals surface area (Å²) in [5.74, 6) is -0.927. The van der Waals surface area contributed by atoms with Gasteiger partial charge in [-0.2, -0.15) is 5.10 Å². The minimum absolute atomic E-state index is 0.0883. The first-order valence-electron chi connectivity index (χ1n) is 8.30. The molecule has 0 aliphatic heterocycles. The van der Waals surface area contributed by atoms with Crippen LogP contribution in [0.25, 0.3) is 11.3 Å². The summed E-state index contributed by atoms with van der Waals surface area (Å²) in [5, 5.41) is 22.0. The standard InChI is InChI=1S/C17H18ClFN6O3S/c1-17(2,26)9-25-8-10(6-22-25)14-11(18)7-21-16(23-14)24-15-12(19)4-3-5-13(15)29(20,27)28/h3-8,26H,9H2,1-2H3,(H2,20,27,28)(H,21,23,24). The van der Waals surface area contributed by atoms with E-state index in [1.165, 1.54) is 23.1 Å². The van der Waals surface area contributed by atoms with Crippen LogP contribution in [0.1, 0.15) is 13.8 Å². The van der Waals surface area contributed by atoms with E-state index in [0.29, 0.717) is 11.3 Å². The molecule has 0 spiro atoms. The Bertz CT molecular complexity index is 1160. The number of anilines is 2. The van der Waals surface area contributed by atoms with E-state index in [1.807, 2.05) is 0 Å². The molecule has 3 rings (SSSR count). The average Bonchev–Trinajstić information content (AvgIpc) is 3.03. The largest absolute Gasteiger partial charge is 0.389 e. The molecule has 9 nitrogen and oxygen atoms in total. The number of benzene rings is 1. The van der Waals surface area contributed by atoms with E-state index in [-0.39, 0.29) is 23.2 Å². The lowest BCUT2D eigenvalue weighted by Crippen LogP contribution is -2.26. The van der Waals surface area contributed by atoms with E-state index < -0.39 is 26.3 Å². The summed E-state index contributed by atoms with van der Waals surface area (Å²) in [6.45, 7) is 3.53. The van der Waals surface area contributed by atoms with Crippen molar-refractivity contribution in [3.8, 4) is 11.3 Å². The molecule has 29 heavy (non-hydrogen) atoms. The molecule has 0 amide bonds. The Balaban J connectivity index is 1.98. The zero-order chi connectivity index (χ0) is 21.4. The fraction of sp³-hybridized carbons (Fsp3) is 0.235. The highest BCUT2D eigenvalue weighted by molar-refractivity contribution is 7.89. The molecule has 0 saturated heterocycles. The molecule has 0 saturated carbocycles. The van der Waals surface area contributed by atoms with E-state index in [0.717, 1.165) is 12.1 Å². The molecule has 154 valence electrons. The maximum absolute atomic E-state index is 14.2. The molecular weight excluding hydrogens is 423 g/mol. The van der Waals surface area contributed by atoms with Crippen LogP contribution in [0, 0.1) is 5.82 Å². The number of aliphatic hydroxyl groups is 1. The van der Waals surface area contributed by atoms with Gasteiger partial charge in [-0.3, -0.25) is 4.68 Å². The average molecular weight is 441 g/mol. The van der Waals surface area contributed by atoms with Crippen molar-refractivity contribution in [1.29, 1.82) is 0 Å². The first kappa shape index (κ1) is 21.1. The van der Waals surface area contributed by atoms with Gasteiger partial charge in [0.2, 0.25) is 16.0 Å². The van der Waals surface area contributed by atoms with Crippen molar-refractivity contribution in [2.75, 3.05) is 5.32 Å². The first-order chi connectivity index (χ1) is 13.4. The molecule has 12 heteroatoms. The van der Waals surface area contributed by atoms with Gasteiger partial charge in [-0.25, -0.2) is 27.9 Å². The van der Waals surface area contributed by atoms with E-state index in [9.17, 15) is 17.9 Å². The zero-order valence-corrected chi connectivity index (χ0v) is 17.0. The third kappa shape index (κ3) is 5.07. The van der Waals surface area contributed by atoms with Crippen molar-refractivity contribution < 1.29 is 17.9 Å². The molecule has 1 aromatic carbocycles. The van der Waals surface area contributed by atoms with E-state index in [1.54, 1.807) is 20.0 Å². The van der Waals surface area contributed by atoms with Crippen LogP contribution in [-0.2, 0) is 16.6 Å². The number of para-hydroxylation sites is 1. The summed E-state index contributed by atoms with van der Waals surface area (Å²) in [4.78, 5) is 7.77. The van der Waals surface area contributed by atoms with Crippen LogP contribution in [0.4, 0.5) is 16.0 Å². The van der Waals surface area contributed by atoms with Gasteiger partial charge in [0.15, 0.2) is 0 Å². The maximum Gasteiger partial charge on any atom is 0.240 e. The third-order valence-corrected chi connectivity index (χ3v) is 4.95. The second-order valence-corrected chi connectivity index (χ2v) is 8.85. The number of sulfonamides is 1. The third-order valence-electron chi connectivity index (χ3n) is 3.72. The highest BCUT2D eigenvalue weighted by Crippen LogP contribution is 2.29. The quantitative estimate of drug-likeness (QED) is 0.534. The van der Waals surface area contributed by atoms with Crippen molar-refractivity contribution >= 4 is 33.3 Å². The molecule has 0 bridgehead atoms. The van der Waals surface area contributed by atoms with Crippen molar-refractivity contribution in [2.24, 2.45) is 5.14 Å². The van der Waals surface area contributed by atoms with Gasteiger partial charge in [0.25, 0.3) is 0 Å². The first-order valence-corrected chi connectivity index (χ1v) is 10.2. The lowest BCUT2D eigenvalue weighted by Gasteiger charge is -2.16. The summed E-state index contributed by atoms with van der Waals surface area (Å²) in [6, 6.07) is 3.47. The van der Waals surface area contributed by atoms with Gasteiger partial charge in [0.05, 0.1) is 40.9 Å². The van der Waals surface area contributed by atoms with Crippen molar-refractivity contribution in [3.63, 3.8) is 0 Å². The smallest absolute Gasteiger partial charge is 0.240 e. The SMILES string of the molecule is CC(C)(O)Cn1cc(-c2nc(Nc3c(F)cccc3S(N)(=O)=O)ncc2Cl)cn1. The number of hydrogen-bond acceptors (Lipinski definition) is 7. The molecule has 0 fully saturated rings. The highest BCUT2D eigenvalue weighted by atomic mass is 35.5. The number of rotatable bonds is 6. The minimum Gasteiger partial charge on any atom is -0.389 e. The molecule has 0 aliphatic carbocycles. The lowest BCUT2D eigenvalue weighted by atomic mass is 10.1. The number of nitrogens with zero attached hydrogens (tertiary/aromatic N) is 4.